The predicted molar refractivity (Wildman–Crippen MR) is 37.5 cm³/mol. The van der Waals surface area contributed by atoms with Gasteiger partial charge in [-0.3, -0.25) is 9.59 Å². The number of hydrogen-bond donors (Lipinski definition) is 1. The van der Waals surface area contributed by atoms with E-state index in [1.165, 1.54) is 6.92 Å². The van der Waals surface area contributed by atoms with E-state index in [-0.39, 0.29) is 11.9 Å². The zero-order chi connectivity index (χ0) is 8.48. The highest BCUT2D eigenvalue weighted by atomic mass is 16.6. The molecule has 1 heterocycles. The second kappa shape index (κ2) is 2.53. The summed E-state index contributed by atoms with van der Waals surface area (Å²) in [5, 5.41) is 2.58. The van der Waals surface area contributed by atoms with Crippen molar-refractivity contribution in [3.63, 3.8) is 0 Å². The van der Waals surface area contributed by atoms with Gasteiger partial charge >= 0.3 is 5.97 Å². The van der Waals surface area contributed by atoms with Crippen molar-refractivity contribution in [3.8, 4) is 0 Å². The van der Waals surface area contributed by atoms with Crippen LogP contribution in [-0.4, -0.2) is 17.6 Å². The number of rotatable bonds is 1. The highest BCUT2D eigenvalue weighted by Gasteiger charge is 2.35. The molecule has 1 rings (SSSR count). The number of nitrogens with one attached hydrogen (secondary N) is 1. The molecule has 0 unspecified atom stereocenters. The molecule has 62 valence electrons. The fourth-order valence-corrected chi connectivity index (χ4v) is 1.17. The van der Waals surface area contributed by atoms with Gasteiger partial charge in [-0.15, -0.1) is 0 Å². The number of hydrogen-bond acceptors (Lipinski definition) is 3. The minimum atomic E-state index is -0.761. The second-order valence-corrected chi connectivity index (χ2v) is 2.87. The first-order chi connectivity index (χ1) is 5.02. The van der Waals surface area contributed by atoms with Crippen molar-refractivity contribution in [3.05, 3.63) is 0 Å². The first-order valence-corrected chi connectivity index (χ1v) is 3.52. The molecule has 1 aliphatic heterocycles. The maximum Gasteiger partial charge on any atom is 0.304 e. The van der Waals surface area contributed by atoms with Crippen LogP contribution in [0.25, 0.3) is 0 Å². The van der Waals surface area contributed by atoms with E-state index in [9.17, 15) is 9.59 Å². The molecule has 0 aliphatic carbocycles. The Balaban J connectivity index is 2.55. The molecule has 1 fully saturated rings. The van der Waals surface area contributed by atoms with Crippen LogP contribution in [0.5, 0.6) is 0 Å². The molecule has 11 heavy (non-hydrogen) atoms. The van der Waals surface area contributed by atoms with Gasteiger partial charge in [0.05, 0.1) is 0 Å². The van der Waals surface area contributed by atoms with Gasteiger partial charge in [-0.25, -0.2) is 0 Å². The van der Waals surface area contributed by atoms with Gasteiger partial charge in [0, 0.05) is 19.8 Å². The zero-order valence-corrected chi connectivity index (χ0v) is 6.64. The molecule has 4 heteroatoms. The summed E-state index contributed by atoms with van der Waals surface area (Å²) >= 11 is 0. The molecule has 4 nitrogen and oxygen atoms in total. The van der Waals surface area contributed by atoms with Crippen LogP contribution < -0.4 is 5.32 Å². The topological polar surface area (TPSA) is 55.4 Å². The fraction of sp³-hybridized carbons (Fsp3) is 0.714. The van der Waals surface area contributed by atoms with Gasteiger partial charge in [0.1, 0.15) is 0 Å². The van der Waals surface area contributed by atoms with Crippen LogP contribution in [-0.2, 0) is 14.3 Å². The van der Waals surface area contributed by atoms with Gasteiger partial charge in [0.25, 0.3) is 0 Å². The smallest absolute Gasteiger partial charge is 0.304 e. The number of esters is 1. The molecule has 1 N–H and O–H groups in total. The molecule has 0 aromatic heterocycles. The summed E-state index contributed by atoms with van der Waals surface area (Å²) in [6.45, 7) is 3.02. The van der Waals surface area contributed by atoms with E-state index in [4.69, 9.17) is 4.74 Å². The maximum atomic E-state index is 10.7. The summed E-state index contributed by atoms with van der Waals surface area (Å²) in [4.78, 5) is 21.3. The molecule has 0 bridgehead atoms. The van der Waals surface area contributed by atoms with Crippen molar-refractivity contribution < 1.29 is 14.3 Å². The lowest BCUT2D eigenvalue weighted by atomic mass is 10.2. The van der Waals surface area contributed by atoms with Crippen molar-refractivity contribution in [1.82, 2.24) is 5.32 Å². The maximum absolute atomic E-state index is 10.7. The fourth-order valence-electron chi connectivity index (χ4n) is 1.17. The highest BCUT2D eigenvalue weighted by Crippen LogP contribution is 2.20. The van der Waals surface area contributed by atoms with Crippen LogP contribution in [0, 0.1) is 0 Å². The lowest BCUT2D eigenvalue weighted by molar-refractivity contribution is -0.157. The van der Waals surface area contributed by atoms with E-state index < -0.39 is 5.72 Å². The molecule has 1 amide bonds. The molecule has 1 saturated heterocycles. The van der Waals surface area contributed by atoms with Gasteiger partial charge in [0.15, 0.2) is 5.72 Å². The van der Waals surface area contributed by atoms with Crippen molar-refractivity contribution in [2.75, 3.05) is 0 Å². The third-order valence-electron chi connectivity index (χ3n) is 1.60. The quantitative estimate of drug-likeness (QED) is 0.552. The molecule has 1 atom stereocenters. The minimum Gasteiger partial charge on any atom is -0.440 e. The Labute approximate surface area is 64.9 Å². The van der Waals surface area contributed by atoms with Crippen LogP contribution >= 0.6 is 0 Å². The summed E-state index contributed by atoms with van der Waals surface area (Å²) in [5.74, 6) is -0.427. The summed E-state index contributed by atoms with van der Waals surface area (Å²) in [7, 11) is 0. The largest absolute Gasteiger partial charge is 0.440 e. The van der Waals surface area contributed by atoms with Crippen molar-refractivity contribution in [2.24, 2.45) is 0 Å². The van der Waals surface area contributed by atoms with Crippen molar-refractivity contribution >= 4 is 11.9 Å². The Morgan fingerprint density at radius 3 is 2.73 bits per heavy atom. The lowest BCUT2D eigenvalue weighted by Crippen LogP contribution is -2.42. The number of carbonyl (C=O) groups excluding carboxylic acids is 2. The van der Waals surface area contributed by atoms with Crippen LogP contribution in [0.3, 0.4) is 0 Å². The van der Waals surface area contributed by atoms with Gasteiger partial charge in [0.2, 0.25) is 5.91 Å². The summed E-state index contributed by atoms with van der Waals surface area (Å²) < 4.78 is 4.90. The van der Waals surface area contributed by atoms with Gasteiger partial charge in [-0.2, -0.15) is 0 Å². The molecule has 0 spiro atoms. The molecule has 0 saturated carbocycles. The Kier molecular flexibility index (Phi) is 1.85. The lowest BCUT2D eigenvalue weighted by Gasteiger charge is -2.22. The highest BCUT2D eigenvalue weighted by molar-refractivity contribution is 5.79. The summed E-state index contributed by atoms with van der Waals surface area (Å²) in [6.07, 6.45) is 0.995. The van der Waals surface area contributed by atoms with Crippen LogP contribution in [0.2, 0.25) is 0 Å². The normalized spacial score (nSPS) is 29.8. The molecular formula is C7H11NO3. The van der Waals surface area contributed by atoms with Crippen molar-refractivity contribution in [2.45, 2.75) is 32.4 Å². The summed E-state index contributed by atoms with van der Waals surface area (Å²) in [6, 6.07) is 0. The first kappa shape index (κ1) is 8.04. The average molecular weight is 157 g/mol. The van der Waals surface area contributed by atoms with E-state index in [0.29, 0.717) is 12.8 Å². The Hall–Kier alpha value is -1.06. The first-order valence-electron chi connectivity index (χ1n) is 3.52. The summed E-state index contributed by atoms with van der Waals surface area (Å²) in [5.41, 5.74) is -0.761. The third kappa shape index (κ3) is 1.93. The molecule has 1 aliphatic rings. The van der Waals surface area contributed by atoms with Gasteiger partial charge < -0.3 is 10.1 Å². The van der Waals surface area contributed by atoms with Gasteiger partial charge in [-0.05, 0) is 6.92 Å². The Morgan fingerprint density at radius 2 is 2.36 bits per heavy atom. The number of amides is 1. The van der Waals surface area contributed by atoms with E-state index in [0.717, 1.165) is 0 Å². The minimum absolute atomic E-state index is 0.0613. The predicted octanol–water partition coefficient (Wildman–Crippen LogP) is 0.176. The molecule has 0 radical (unpaired) electrons. The SMILES string of the molecule is CC(=O)O[C@]1(C)CCC(=O)N1. The number of carbonyl (C=O) groups is 2. The monoisotopic (exact) mass is 157 g/mol. The number of ether oxygens (including phenoxy) is 1. The van der Waals surface area contributed by atoms with E-state index >= 15 is 0 Å². The Bertz CT molecular complexity index is 202. The van der Waals surface area contributed by atoms with Crippen LogP contribution in [0.1, 0.15) is 26.7 Å². The van der Waals surface area contributed by atoms with Crippen molar-refractivity contribution in [1.29, 1.82) is 0 Å². The van der Waals surface area contributed by atoms with Crippen LogP contribution in [0.15, 0.2) is 0 Å². The third-order valence-corrected chi connectivity index (χ3v) is 1.60. The van der Waals surface area contributed by atoms with E-state index in [1.54, 1.807) is 6.92 Å². The molecule has 0 aromatic rings. The molecule has 0 aromatic carbocycles. The van der Waals surface area contributed by atoms with Crippen LogP contribution in [0.4, 0.5) is 0 Å². The second-order valence-electron chi connectivity index (χ2n) is 2.87. The van der Waals surface area contributed by atoms with E-state index in [2.05, 4.69) is 5.32 Å². The standard InChI is InChI=1S/C7H11NO3/c1-5(9)11-7(2)4-3-6(10)8-7/h3-4H2,1-2H3,(H,8,10)/t7-/m1/s1. The van der Waals surface area contributed by atoms with Gasteiger partial charge in [-0.1, -0.05) is 0 Å². The van der Waals surface area contributed by atoms with E-state index in [1.807, 2.05) is 0 Å². The molecular weight excluding hydrogens is 146 g/mol. The Morgan fingerprint density at radius 1 is 1.73 bits per heavy atom. The average Bonchev–Trinajstić information content (AvgIpc) is 2.08. The zero-order valence-electron chi connectivity index (χ0n) is 6.64.